The molecule has 0 radical (unpaired) electrons. The molecule has 0 unspecified atom stereocenters. The average molecular weight is 268 g/mol. The number of nitrogens with two attached hydrogens (primary N) is 1. The molecule has 0 saturated heterocycles. The molecule has 0 atom stereocenters. The predicted molar refractivity (Wildman–Crippen MR) is 71.8 cm³/mol. The predicted octanol–water partition coefficient (Wildman–Crippen LogP) is 4.35. The molecule has 1 nitrogen and oxygen atoms in total. The summed E-state index contributed by atoms with van der Waals surface area (Å²) in [6.07, 6.45) is 0. The fraction of sp³-hybridized carbons (Fsp3) is 0.0769. The van der Waals surface area contributed by atoms with Crippen LogP contribution in [0.2, 0.25) is 5.02 Å². The second-order valence-electron chi connectivity index (χ2n) is 3.53. The Labute approximate surface area is 109 Å². The summed E-state index contributed by atoms with van der Waals surface area (Å²) in [6, 6.07) is 12.2. The molecule has 17 heavy (non-hydrogen) atoms. The van der Waals surface area contributed by atoms with Gasteiger partial charge in [0.2, 0.25) is 0 Å². The van der Waals surface area contributed by atoms with Crippen LogP contribution in [0.5, 0.6) is 0 Å². The highest BCUT2D eigenvalue weighted by Gasteiger charge is 2.08. The lowest BCUT2D eigenvalue weighted by atomic mass is 10.2. The molecule has 0 aliphatic carbocycles. The van der Waals surface area contributed by atoms with E-state index in [2.05, 4.69) is 0 Å². The minimum Gasteiger partial charge on any atom is -0.398 e. The first-order chi connectivity index (χ1) is 8.18. The number of anilines is 1. The Morgan fingerprint density at radius 3 is 2.59 bits per heavy atom. The maximum absolute atomic E-state index is 13.5. The van der Waals surface area contributed by atoms with E-state index in [9.17, 15) is 4.39 Å². The van der Waals surface area contributed by atoms with E-state index in [-0.39, 0.29) is 5.82 Å². The number of hydrogen-bond donors (Lipinski definition) is 1. The smallest absolute Gasteiger partial charge is 0.128 e. The average Bonchev–Trinajstić information content (AvgIpc) is 2.30. The van der Waals surface area contributed by atoms with Crippen molar-refractivity contribution in [3.05, 3.63) is 58.9 Å². The molecule has 2 aromatic rings. The van der Waals surface area contributed by atoms with Crippen molar-refractivity contribution in [3.8, 4) is 0 Å². The van der Waals surface area contributed by atoms with Gasteiger partial charge in [-0.2, -0.15) is 0 Å². The Morgan fingerprint density at radius 2 is 1.88 bits per heavy atom. The van der Waals surface area contributed by atoms with Crippen molar-refractivity contribution in [2.24, 2.45) is 0 Å². The first kappa shape index (κ1) is 12.3. The summed E-state index contributed by atoms with van der Waals surface area (Å²) in [5, 5.41) is 0.451. The second-order valence-corrected chi connectivity index (χ2v) is 4.95. The van der Waals surface area contributed by atoms with E-state index in [1.807, 2.05) is 24.3 Å². The monoisotopic (exact) mass is 267 g/mol. The zero-order valence-electron chi connectivity index (χ0n) is 8.99. The summed E-state index contributed by atoms with van der Waals surface area (Å²) in [4.78, 5) is 0.937. The molecule has 0 aliphatic heterocycles. The Bertz CT molecular complexity index is 510. The summed E-state index contributed by atoms with van der Waals surface area (Å²) in [6.45, 7) is 0. The molecule has 88 valence electrons. The van der Waals surface area contributed by atoms with Crippen molar-refractivity contribution < 1.29 is 4.39 Å². The molecule has 0 bridgehead atoms. The zero-order chi connectivity index (χ0) is 12.3. The van der Waals surface area contributed by atoms with Gasteiger partial charge in [-0.05, 0) is 24.3 Å². The van der Waals surface area contributed by atoms with E-state index >= 15 is 0 Å². The molecular formula is C13H11ClFNS. The van der Waals surface area contributed by atoms with Crippen molar-refractivity contribution in [2.75, 3.05) is 5.73 Å². The van der Waals surface area contributed by atoms with Crippen LogP contribution in [-0.4, -0.2) is 0 Å². The van der Waals surface area contributed by atoms with Gasteiger partial charge >= 0.3 is 0 Å². The molecule has 0 fully saturated rings. The van der Waals surface area contributed by atoms with Crippen molar-refractivity contribution in [1.82, 2.24) is 0 Å². The van der Waals surface area contributed by atoms with Gasteiger partial charge in [0.25, 0.3) is 0 Å². The van der Waals surface area contributed by atoms with Gasteiger partial charge in [-0.15, -0.1) is 11.8 Å². The lowest BCUT2D eigenvalue weighted by Gasteiger charge is -2.07. The molecule has 0 heterocycles. The summed E-state index contributed by atoms with van der Waals surface area (Å²) in [5.74, 6) is 0.194. The molecule has 0 aromatic heterocycles. The number of hydrogen-bond acceptors (Lipinski definition) is 2. The summed E-state index contributed by atoms with van der Waals surface area (Å²) in [7, 11) is 0. The van der Waals surface area contributed by atoms with Gasteiger partial charge in [0.1, 0.15) is 5.82 Å². The molecule has 0 saturated carbocycles. The third-order valence-corrected chi connectivity index (χ3v) is 3.82. The van der Waals surface area contributed by atoms with E-state index in [4.69, 9.17) is 17.3 Å². The van der Waals surface area contributed by atoms with Gasteiger partial charge in [0.15, 0.2) is 0 Å². The Morgan fingerprint density at radius 1 is 1.12 bits per heavy atom. The van der Waals surface area contributed by atoms with Crippen LogP contribution in [0.1, 0.15) is 5.56 Å². The first-order valence-electron chi connectivity index (χ1n) is 5.08. The van der Waals surface area contributed by atoms with Gasteiger partial charge in [-0.1, -0.05) is 29.8 Å². The van der Waals surface area contributed by atoms with Crippen LogP contribution >= 0.6 is 23.4 Å². The molecule has 4 heteroatoms. The van der Waals surface area contributed by atoms with Crippen LogP contribution in [0, 0.1) is 5.82 Å². The minimum absolute atomic E-state index is 0.278. The van der Waals surface area contributed by atoms with Crippen LogP contribution in [0.4, 0.5) is 10.1 Å². The quantitative estimate of drug-likeness (QED) is 0.661. The maximum Gasteiger partial charge on any atom is 0.128 e. The molecule has 2 aromatic carbocycles. The summed E-state index contributed by atoms with van der Waals surface area (Å²) >= 11 is 7.43. The zero-order valence-corrected chi connectivity index (χ0v) is 10.6. The fourth-order valence-electron chi connectivity index (χ4n) is 1.43. The second kappa shape index (κ2) is 5.43. The number of halogens is 2. The van der Waals surface area contributed by atoms with Crippen molar-refractivity contribution in [3.63, 3.8) is 0 Å². The SMILES string of the molecule is Nc1ccccc1SCc1c(F)cccc1Cl. The highest BCUT2D eigenvalue weighted by Crippen LogP contribution is 2.31. The standard InChI is InChI=1S/C13H11ClFNS/c14-10-4-3-5-11(15)9(10)8-17-13-7-2-1-6-12(13)16/h1-7H,8,16H2. The van der Waals surface area contributed by atoms with Gasteiger partial charge in [0.05, 0.1) is 0 Å². The number of para-hydroxylation sites is 1. The van der Waals surface area contributed by atoms with Gasteiger partial charge in [-0.25, -0.2) is 4.39 Å². The van der Waals surface area contributed by atoms with E-state index in [1.54, 1.807) is 12.1 Å². The fourth-order valence-corrected chi connectivity index (χ4v) is 2.74. The Kier molecular flexibility index (Phi) is 3.92. The molecule has 2 rings (SSSR count). The van der Waals surface area contributed by atoms with Crippen molar-refractivity contribution >= 4 is 29.1 Å². The van der Waals surface area contributed by atoms with Gasteiger partial charge in [0, 0.05) is 26.9 Å². The number of rotatable bonds is 3. The van der Waals surface area contributed by atoms with Crippen molar-refractivity contribution in [2.45, 2.75) is 10.6 Å². The highest BCUT2D eigenvalue weighted by atomic mass is 35.5. The van der Waals surface area contributed by atoms with Crippen LogP contribution < -0.4 is 5.73 Å². The van der Waals surface area contributed by atoms with Crippen LogP contribution in [0.3, 0.4) is 0 Å². The van der Waals surface area contributed by atoms with Crippen LogP contribution in [-0.2, 0) is 5.75 Å². The van der Waals surface area contributed by atoms with E-state index in [0.29, 0.717) is 22.0 Å². The maximum atomic E-state index is 13.5. The molecular weight excluding hydrogens is 257 g/mol. The van der Waals surface area contributed by atoms with Crippen LogP contribution in [0.15, 0.2) is 47.4 Å². The van der Waals surface area contributed by atoms with Crippen molar-refractivity contribution in [1.29, 1.82) is 0 Å². The first-order valence-corrected chi connectivity index (χ1v) is 6.45. The largest absolute Gasteiger partial charge is 0.398 e. The lowest BCUT2D eigenvalue weighted by Crippen LogP contribution is -1.91. The summed E-state index contributed by atoms with van der Waals surface area (Å²) in [5.41, 5.74) is 7.03. The summed E-state index contributed by atoms with van der Waals surface area (Å²) < 4.78 is 13.5. The number of benzene rings is 2. The number of nitrogen functional groups attached to an aromatic ring is 1. The Hall–Kier alpha value is -1.19. The third-order valence-electron chi connectivity index (χ3n) is 2.35. The van der Waals surface area contributed by atoms with E-state index < -0.39 is 0 Å². The Balaban J connectivity index is 2.16. The minimum atomic E-state index is -0.278. The van der Waals surface area contributed by atoms with Gasteiger partial charge in [-0.3, -0.25) is 0 Å². The van der Waals surface area contributed by atoms with Crippen LogP contribution in [0.25, 0.3) is 0 Å². The third kappa shape index (κ3) is 2.93. The van der Waals surface area contributed by atoms with E-state index in [0.717, 1.165) is 4.90 Å². The van der Waals surface area contributed by atoms with E-state index in [1.165, 1.54) is 17.8 Å². The topological polar surface area (TPSA) is 26.0 Å². The molecule has 0 aliphatic rings. The highest BCUT2D eigenvalue weighted by molar-refractivity contribution is 7.98. The molecule has 0 amide bonds. The molecule has 2 N–H and O–H groups in total. The van der Waals surface area contributed by atoms with Gasteiger partial charge < -0.3 is 5.73 Å². The molecule has 0 spiro atoms. The normalized spacial score (nSPS) is 10.5. The number of thioether (sulfide) groups is 1. The lowest BCUT2D eigenvalue weighted by molar-refractivity contribution is 0.617.